The summed E-state index contributed by atoms with van der Waals surface area (Å²) >= 11 is 0. The molecule has 0 N–H and O–H groups in total. The molecule has 0 aliphatic heterocycles. The molecule has 0 unspecified atom stereocenters. The normalized spacial score (nSPS) is 11.2. The number of benzene rings is 2. The minimum Gasteiger partial charge on any atom is -0.378 e. The van der Waals surface area contributed by atoms with Crippen molar-refractivity contribution in [2.45, 2.75) is 18.7 Å². The fourth-order valence-corrected chi connectivity index (χ4v) is 2.99. The van der Waals surface area contributed by atoms with E-state index >= 15 is 0 Å². The molecular weight excluding hydrogens is 295 g/mol. The molecule has 0 amide bonds. The van der Waals surface area contributed by atoms with Gasteiger partial charge in [-0.15, -0.1) is 0 Å². The molecular formula is C15H13FO4S. The highest BCUT2D eigenvalue weighted by Gasteiger charge is 2.19. The van der Waals surface area contributed by atoms with Crippen LogP contribution in [0.1, 0.15) is 21.5 Å². The molecule has 0 saturated heterocycles. The summed E-state index contributed by atoms with van der Waals surface area (Å²) in [5.41, 5.74) is 1.50. The van der Waals surface area contributed by atoms with Crippen LogP contribution in [0, 0.1) is 19.7 Å². The molecule has 0 atom stereocenters. The quantitative estimate of drug-likeness (QED) is 0.643. The third kappa shape index (κ3) is 3.28. The molecule has 0 spiro atoms. The van der Waals surface area contributed by atoms with Crippen LogP contribution in [0.4, 0.5) is 4.39 Å². The molecule has 21 heavy (non-hydrogen) atoms. The van der Waals surface area contributed by atoms with E-state index in [0.29, 0.717) is 23.0 Å². The molecule has 6 heteroatoms. The van der Waals surface area contributed by atoms with Crippen LogP contribution < -0.4 is 4.18 Å². The smallest absolute Gasteiger partial charge is 0.339 e. The lowest BCUT2D eigenvalue weighted by Gasteiger charge is -2.12. The SMILES string of the molecule is Cc1cc(C=O)cc(C)c1OS(=O)(=O)c1ccc(F)cc1. The molecule has 0 heterocycles. The van der Waals surface area contributed by atoms with Gasteiger partial charge >= 0.3 is 10.1 Å². The standard InChI is InChI=1S/C15H13FO4S/c1-10-7-12(9-17)8-11(2)15(10)20-21(18,19)14-5-3-13(16)4-6-14/h3-9H,1-2H3. The van der Waals surface area contributed by atoms with Gasteiger partial charge in [-0.05, 0) is 61.4 Å². The summed E-state index contributed by atoms with van der Waals surface area (Å²) in [6.45, 7) is 3.30. The summed E-state index contributed by atoms with van der Waals surface area (Å²) in [6, 6.07) is 7.44. The van der Waals surface area contributed by atoms with Crippen LogP contribution in [0.3, 0.4) is 0 Å². The van der Waals surface area contributed by atoms with Crippen molar-refractivity contribution in [1.29, 1.82) is 0 Å². The number of aldehydes is 1. The molecule has 0 aliphatic carbocycles. The lowest BCUT2D eigenvalue weighted by atomic mass is 10.1. The zero-order chi connectivity index (χ0) is 15.6. The number of carbonyl (C=O) groups excluding carboxylic acids is 1. The van der Waals surface area contributed by atoms with E-state index in [1.807, 2.05) is 0 Å². The van der Waals surface area contributed by atoms with Gasteiger partial charge in [-0.3, -0.25) is 4.79 Å². The van der Waals surface area contributed by atoms with Gasteiger partial charge in [0.25, 0.3) is 0 Å². The second-order valence-corrected chi connectivity index (χ2v) is 6.14. The van der Waals surface area contributed by atoms with E-state index in [9.17, 15) is 17.6 Å². The fourth-order valence-electron chi connectivity index (χ4n) is 1.94. The number of hydrogen-bond donors (Lipinski definition) is 0. The maximum atomic E-state index is 12.8. The van der Waals surface area contributed by atoms with Crippen LogP contribution in [0.15, 0.2) is 41.3 Å². The third-order valence-electron chi connectivity index (χ3n) is 2.91. The van der Waals surface area contributed by atoms with Crippen LogP contribution in [0.25, 0.3) is 0 Å². The fraction of sp³-hybridized carbons (Fsp3) is 0.133. The van der Waals surface area contributed by atoms with Gasteiger partial charge < -0.3 is 4.18 Å². The summed E-state index contributed by atoms with van der Waals surface area (Å²) in [5.74, 6) is -0.360. The van der Waals surface area contributed by atoms with Gasteiger partial charge in [0.15, 0.2) is 0 Å². The Morgan fingerprint density at radius 1 is 1.05 bits per heavy atom. The number of hydrogen-bond acceptors (Lipinski definition) is 4. The van der Waals surface area contributed by atoms with Gasteiger partial charge in [-0.2, -0.15) is 8.42 Å². The lowest BCUT2D eigenvalue weighted by Crippen LogP contribution is -2.11. The van der Waals surface area contributed by atoms with Crippen molar-refractivity contribution in [2.24, 2.45) is 0 Å². The first-order valence-electron chi connectivity index (χ1n) is 6.10. The van der Waals surface area contributed by atoms with Gasteiger partial charge in [0, 0.05) is 5.56 Å². The van der Waals surface area contributed by atoms with Gasteiger partial charge in [0.2, 0.25) is 0 Å². The average molecular weight is 308 g/mol. The van der Waals surface area contributed by atoms with Crippen molar-refractivity contribution >= 4 is 16.4 Å². The first-order chi connectivity index (χ1) is 9.83. The Morgan fingerprint density at radius 3 is 2.05 bits per heavy atom. The summed E-state index contributed by atoms with van der Waals surface area (Å²) < 4.78 is 42.3. The number of halogens is 1. The van der Waals surface area contributed by atoms with Crippen LogP contribution >= 0.6 is 0 Å². The van der Waals surface area contributed by atoms with Crippen molar-refractivity contribution in [1.82, 2.24) is 0 Å². The third-order valence-corrected chi connectivity index (χ3v) is 4.15. The zero-order valence-corrected chi connectivity index (χ0v) is 12.3. The first-order valence-corrected chi connectivity index (χ1v) is 7.51. The molecule has 0 saturated carbocycles. The Bertz CT molecular complexity index is 757. The zero-order valence-electron chi connectivity index (χ0n) is 11.5. The Hall–Kier alpha value is -2.21. The first kappa shape index (κ1) is 15.2. The monoisotopic (exact) mass is 308 g/mol. The predicted molar refractivity (Wildman–Crippen MR) is 75.5 cm³/mol. The van der Waals surface area contributed by atoms with Gasteiger partial charge in [-0.1, -0.05) is 0 Å². The maximum absolute atomic E-state index is 12.8. The Balaban J connectivity index is 2.41. The highest BCUT2D eigenvalue weighted by Crippen LogP contribution is 2.27. The summed E-state index contributed by atoms with van der Waals surface area (Å²) in [5, 5.41) is 0. The lowest BCUT2D eigenvalue weighted by molar-refractivity contribution is 0.112. The molecule has 0 aliphatic rings. The highest BCUT2D eigenvalue weighted by molar-refractivity contribution is 7.87. The van der Waals surface area contributed by atoms with Gasteiger partial charge in [-0.25, -0.2) is 4.39 Å². The van der Waals surface area contributed by atoms with Crippen molar-refractivity contribution < 1.29 is 21.8 Å². The minimum atomic E-state index is -4.05. The Labute approximate surface area is 122 Å². The van der Waals surface area contributed by atoms with E-state index < -0.39 is 15.9 Å². The van der Waals surface area contributed by atoms with E-state index in [0.717, 1.165) is 24.3 Å². The Kier molecular flexibility index (Phi) is 4.09. The van der Waals surface area contributed by atoms with Crippen LogP contribution in [0.2, 0.25) is 0 Å². The molecule has 0 radical (unpaired) electrons. The topological polar surface area (TPSA) is 60.4 Å². The predicted octanol–water partition coefficient (Wildman–Crippen LogP) is 3.02. The van der Waals surface area contributed by atoms with E-state index in [1.54, 1.807) is 13.8 Å². The molecule has 0 bridgehead atoms. The number of aryl methyl sites for hydroxylation is 2. The average Bonchev–Trinajstić information content (AvgIpc) is 2.43. The van der Waals surface area contributed by atoms with Gasteiger partial charge in [0.05, 0.1) is 0 Å². The summed E-state index contributed by atoms with van der Waals surface area (Å²) in [6.07, 6.45) is 0.679. The van der Waals surface area contributed by atoms with Crippen molar-refractivity contribution in [3.05, 3.63) is 58.9 Å². The summed E-state index contributed by atoms with van der Waals surface area (Å²) in [4.78, 5) is 10.6. The minimum absolute atomic E-state index is 0.137. The second-order valence-electron chi connectivity index (χ2n) is 4.59. The van der Waals surface area contributed by atoms with Crippen LogP contribution in [-0.2, 0) is 10.1 Å². The molecule has 4 nitrogen and oxygen atoms in total. The van der Waals surface area contributed by atoms with E-state index in [4.69, 9.17) is 4.18 Å². The maximum Gasteiger partial charge on any atom is 0.339 e. The highest BCUT2D eigenvalue weighted by atomic mass is 32.2. The summed E-state index contributed by atoms with van der Waals surface area (Å²) in [7, 11) is -4.05. The molecule has 0 fully saturated rings. The van der Waals surface area contributed by atoms with Gasteiger partial charge in [0.1, 0.15) is 22.7 Å². The molecule has 2 rings (SSSR count). The van der Waals surface area contributed by atoms with E-state index in [1.165, 1.54) is 12.1 Å². The van der Waals surface area contributed by atoms with Crippen molar-refractivity contribution in [3.63, 3.8) is 0 Å². The van der Waals surface area contributed by atoms with E-state index in [-0.39, 0.29) is 10.6 Å². The Morgan fingerprint density at radius 2 is 1.57 bits per heavy atom. The number of rotatable bonds is 4. The second kappa shape index (κ2) is 5.65. The molecule has 110 valence electrons. The molecule has 2 aromatic rings. The number of carbonyl (C=O) groups is 1. The van der Waals surface area contributed by atoms with Crippen molar-refractivity contribution in [2.75, 3.05) is 0 Å². The van der Waals surface area contributed by atoms with E-state index in [2.05, 4.69) is 0 Å². The molecule has 0 aromatic heterocycles. The van der Waals surface area contributed by atoms with Crippen LogP contribution in [0.5, 0.6) is 5.75 Å². The largest absolute Gasteiger partial charge is 0.378 e. The molecule has 2 aromatic carbocycles. The van der Waals surface area contributed by atoms with Crippen LogP contribution in [-0.4, -0.2) is 14.7 Å². The van der Waals surface area contributed by atoms with Crippen molar-refractivity contribution in [3.8, 4) is 5.75 Å².